The Bertz CT molecular complexity index is 962. The van der Waals surface area contributed by atoms with Gasteiger partial charge in [0.2, 0.25) is 0 Å². The SMILES string of the molecule is CCCCCCCCC=CCCCCC(CCC(=O)O)CC1=CC=CC(C)C1=C1C(=O)C2CCC1(C)C2(C)C. The summed E-state index contributed by atoms with van der Waals surface area (Å²) in [4.78, 5) is 25.1. The fraction of sp³-hybridized carbons (Fsp3) is 0.722. The van der Waals surface area contributed by atoms with E-state index in [9.17, 15) is 14.7 Å². The Morgan fingerprint density at radius 2 is 1.69 bits per heavy atom. The highest BCUT2D eigenvalue weighted by Gasteiger charge is 2.64. The zero-order chi connectivity index (χ0) is 28.5. The van der Waals surface area contributed by atoms with Crippen LogP contribution in [0, 0.1) is 28.6 Å². The molecule has 4 atom stereocenters. The summed E-state index contributed by atoms with van der Waals surface area (Å²) in [6, 6.07) is 0. The summed E-state index contributed by atoms with van der Waals surface area (Å²) in [6.45, 7) is 11.4. The number of carbonyl (C=O) groups is 2. The molecule has 3 aliphatic carbocycles. The van der Waals surface area contributed by atoms with E-state index in [4.69, 9.17) is 0 Å². The Morgan fingerprint density at radius 1 is 1.03 bits per heavy atom. The normalized spacial score (nSPS) is 28.4. The lowest BCUT2D eigenvalue weighted by atomic mass is 9.66. The van der Waals surface area contributed by atoms with Crippen LogP contribution in [0.2, 0.25) is 0 Å². The number of aliphatic carboxylic acids is 1. The number of fused-ring (bicyclic) bond motifs is 2. The van der Waals surface area contributed by atoms with Crippen LogP contribution in [0.4, 0.5) is 0 Å². The van der Waals surface area contributed by atoms with Gasteiger partial charge >= 0.3 is 5.97 Å². The Morgan fingerprint density at radius 3 is 2.33 bits per heavy atom. The van der Waals surface area contributed by atoms with E-state index in [2.05, 4.69) is 65.0 Å². The molecule has 2 saturated carbocycles. The first-order chi connectivity index (χ1) is 18.6. The third kappa shape index (κ3) is 7.65. The molecule has 1 N–H and O–H groups in total. The molecule has 39 heavy (non-hydrogen) atoms. The molecule has 4 unspecified atom stereocenters. The van der Waals surface area contributed by atoms with Crippen LogP contribution in [0.1, 0.15) is 137 Å². The van der Waals surface area contributed by atoms with E-state index in [1.807, 2.05) is 0 Å². The molecule has 3 heteroatoms. The number of carboxylic acid groups (broad SMARTS) is 1. The first-order valence-electron chi connectivity index (χ1n) is 16.2. The standard InChI is InChI=1S/C36H56O3/c1-6-7-8-9-10-11-12-13-14-15-16-17-20-28(22-23-31(37)38)26-29-21-18-19-27(2)32(29)33-34(39)30-24-25-36(33,5)35(30,3)4/h13-14,18-19,21,27-28,30H,6-12,15-17,20,22-26H2,1-5H3,(H,37,38). The van der Waals surface area contributed by atoms with E-state index in [0.29, 0.717) is 18.1 Å². The van der Waals surface area contributed by atoms with Gasteiger partial charge in [-0.05, 0) is 79.8 Å². The van der Waals surface area contributed by atoms with E-state index in [0.717, 1.165) is 50.5 Å². The maximum absolute atomic E-state index is 13.7. The molecule has 0 radical (unpaired) electrons. The molecule has 0 aromatic carbocycles. The summed E-state index contributed by atoms with van der Waals surface area (Å²) >= 11 is 0. The summed E-state index contributed by atoms with van der Waals surface area (Å²) in [5, 5.41) is 9.42. The number of carbonyl (C=O) groups excluding carboxylic acids is 1. The Labute approximate surface area is 239 Å². The third-order valence-corrected chi connectivity index (χ3v) is 10.5. The van der Waals surface area contributed by atoms with Crippen LogP contribution in [0.25, 0.3) is 0 Å². The van der Waals surface area contributed by atoms with Crippen molar-refractivity contribution in [3.8, 4) is 0 Å². The number of hydrogen-bond donors (Lipinski definition) is 1. The number of Topliss-reactive ketones (excluding diaryl/α,β-unsaturated/α-hetero) is 1. The van der Waals surface area contributed by atoms with E-state index in [1.165, 1.54) is 56.1 Å². The molecule has 2 bridgehead atoms. The van der Waals surface area contributed by atoms with Gasteiger partial charge in [-0.25, -0.2) is 0 Å². The molecule has 0 heterocycles. The van der Waals surface area contributed by atoms with E-state index < -0.39 is 5.97 Å². The van der Waals surface area contributed by atoms with Crippen molar-refractivity contribution >= 4 is 11.8 Å². The van der Waals surface area contributed by atoms with Gasteiger partial charge < -0.3 is 5.11 Å². The van der Waals surface area contributed by atoms with Crippen molar-refractivity contribution in [1.29, 1.82) is 0 Å². The number of ketones is 1. The van der Waals surface area contributed by atoms with Crippen molar-refractivity contribution in [3.05, 3.63) is 47.1 Å². The average molecular weight is 537 g/mol. The monoisotopic (exact) mass is 536 g/mol. The van der Waals surface area contributed by atoms with Crippen LogP contribution in [-0.4, -0.2) is 16.9 Å². The topological polar surface area (TPSA) is 54.4 Å². The second kappa shape index (κ2) is 14.6. The maximum Gasteiger partial charge on any atom is 0.303 e. The number of allylic oxidation sites excluding steroid dienone is 8. The Kier molecular flexibility index (Phi) is 11.9. The fourth-order valence-corrected chi connectivity index (χ4v) is 7.63. The van der Waals surface area contributed by atoms with E-state index in [-0.39, 0.29) is 29.1 Å². The van der Waals surface area contributed by atoms with Crippen molar-refractivity contribution in [1.82, 2.24) is 0 Å². The average Bonchev–Trinajstić information content (AvgIpc) is 3.20. The first kappa shape index (κ1) is 31.6. The third-order valence-electron chi connectivity index (χ3n) is 10.5. The molecule has 2 fully saturated rings. The molecule has 0 saturated heterocycles. The predicted molar refractivity (Wildman–Crippen MR) is 164 cm³/mol. The maximum atomic E-state index is 13.7. The molecular weight excluding hydrogens is 480 g/mol. The molecule has 0 aliphatic heterocycles. The van der Waals surface area contributed by atoms with Crippen molar-refractivity contribution < 1.29 is 14.7 Å². The van der Waals surface area contributed by atoms with Crippen LogP contribution in [0.15, 0.2) is 47.1 Å². The van der Waals surface area contributed by atoms with Crippen LogP contribution in [-0.2, 0) is 9.59 Å². The summed E-state index contributed by atoms with van der Waals surface area (Å²) in [7, 11) is 0. The van der Waals surface area contributed by atoms with Crippen molar-refractivity contribution in [3.63, 3.8) is 0 Å². The molecule has 0 aromatic rings. The molecule has 3 aliphatic rings. The van der Waals surface area contributed by atoms with Crippen LogP contribution < -0.4 is 0 Å². The van der Waals surface area contributed by atoms with Crippen LogP contribution in [0.5, 0.6) is 0 Å². The lowest BCUT2D eigenvalue weighted by Gasteiger charge is -2.37. The van der Waals surface area contributed by atoms with Crippen LogP contribution in [0.3, 0.4) is 0 Å². The van der Waals surface area contributed by atoms with Gasteiger partial charge in [-0.2, -0.15) is 0 Å². The quantitative estimate of drug-likeness (QED) is 0.114. The Balaban J connectivity index is 1.59. The van der Waals surface area contributed by atoms with E-state index >= 15 is 0 Å². The van der Waals surface area contributed by atoms with Gasteiger partial charge in [-0.15, -0.1) is 0 Å². The summed E-state index contributed by atoms with van der Waals surface area (Å²) in [5.41, 5.74) is 3.58. The van der Waals surface area contributed by atoms with Gasteiger partial charge in [-0.3, -0.25) is 9.59 Å². The highest BCUT2D eigenvalue weighted by atomic mass is 16.4. The van der Waals surface area contributed by atoms with Gasteiger partial charge in [0.25, 0.3) is 0 Å². The Hall–Kier alpha value is -1.90. The molecular formula is C36H56O3. The fourth-order valence-electron chi connectivity index (χ4n) is 7.63. The molecule has 3 nitrogen and oxygen atoms in total. The highest BCUT2D eigenvalue weighted by Crippen LogP contribution is 2.67. The lowest BCUT2D eigenvalue weighted by molar-refractivity contribution is -0.137. The number of hydrogen-bond acceptors (Lipinski definition) is 2. The summed E-state index contributed by atoms with van der Waals surface area (Å²) in [6.07, 6.45) is 28.9. The number of carboxylic acids is 1. The zero-order valence-corrected chi connectivity index (χ0v) is 25.7. The molecule has 218 valence electrons. The number of unbranched alkanes of at least 4 members (excludes halogenated alkanes) is 8. The summed E-state index contributed by atoms with van der Waals surface area (Å²) in [5.74, 6) is 0.378. The van der Waals surface area contributed by atoms with Crippen LogP contribution >= 0.6 is 0 Å². The second-order valence-corrected chi connectivity index (χ2v) is 13.5. The van der Waals surface area contributed by atoms with Gasteiger partial charge in [0, 0.05) is 23.3 Å². The minimum absolute atomic E-state index is 0.00366. The molecule has 0 amide bonds. The largest absolute Gasteiger partial charge is 0.481 e. The highest BCUT2D eigenvalue weighted by molar-refractivity contribution is 6.04. The van der Waals surface area contributed by atoms with Gasteiger partial charge in [-0.1, -0.05) is 110 Å². The minimum atomic E-state index is -0.709. The van der Waals surface area contributed by atoms with Gasteiger partial charge in [0.1, 0.15) is 0 Å². The van der Waals surface area contributed by atoms with Crippen molar-refractivity contribution in [2.24, 2.45) is 28.6 Å². The van der Waals surface area contributed by atoms with Crippen molar-refractivity contribution in [2.75, 3.05) is 0 Å². The number of rotatable bonds is 17. The van der Waals surface area contributed by atoms with Gasteiger partial charge in [0.05, 0.1) is 0 Å². The van der Waals surface area contributed by atoms with E-state index in [1.54, 1.807) is 0 Å². The minimum Gasteiger partial charge on any atom is -0.481 e. The lowest BCUT2D eigenvalue weighted by Crippen LogP contribution is -2.30. The predicted octanol–water partition coefficient (Wildman–Crippen LogP) is 10.2. The smallest absolute Gasteiger partial charge is 0.303 e. The summed E-state index contributed by atoms with van der Waals surface area (Å²) < 4.78 is 0. The molecule has 0 spiro atoms. The van der Waals surface area contributed by atoms with Gasteiger partial charge in [0.15, 0.2) is 5.78 Å². The zero-order valence-electron chi connectivity index (χ0n) is 25.7. The van der Waals surface area contributed by atoms with Crippen molar-refractivity contribution in [2.45, 2.75) is 137 Å². The second-order valence-electron chi connectivity index (χ2n) is 13.5. The molecule has 0 aromatic heterocycles. The first-order valence-corrected chi connectivity index (χ1v) is 16.2. The molecule has 3 rings (SSSR count).